The summed E-state index contributed by atoms with van der Waals surface area (Å²) in [6.45, 7) is 4.56. The first-order valence-corrected chi connectivity index (χ1v) is 9.62. The van der Waals surface area contributed by atoms with E-state index in [4.69, 9.17) is 9.47 Å². The Morgan fingerprint density at radius 1 is 1.14 bits per heavy atom. The van der Waals surface area contributed by atoms with Gasteiger partial charge in [0.15, 0.2) is 11.5 Å². The minimum Gasteiger partial charge on any atom is -0.493 e. The fraction of sp³-hybridized carbons (Fsp3) is 0.238. The van der Waals surface area contributed by atoms with Crippen molar-refractivity contribution in [2.45, 2.75) is 20.4 Å². The second-order valence-electron chi connectivity index (χ2n) is 6.32. The topological polar surface area (TPSA) is 67.9 Å². The van der Waals surface area contributed by atoms with E-state index in [9.17, 15) is 9.59 Å². The SMILES string of the molecule is CCOc1cc(/C=C2/NC(=O)N(Cc3ccc(C)cc3)C2=O)c(Br)cc1OC. The van der Waals surface area contributed by atoms with Crippen molar-refractivity contribution in [1.29, 1.82) is 0 Å². The molecule has 0 spiro atoms. The van der Waals surface area contributed by atoms with Crippen molar-refractivity contribution in [3.63, 3.8) is 0 Å². The van der Waals surface area contributed by atoms with Gasteiger partial charge in [-0.05, 0) is 43.2 Å². The molecule has 28 heavy (non-hydrogen) atoms. The number of carbonyl (C=O) groups is 2. The Hall–Kier alpha value is -2.80. The molecule has 6 nitrogen and oxygen atoms in total. The van der Waals surface area contributed by atoms with Gasteiger partial charge in [-0.3, -0.25) is 9.69 Å². The fourth-order valence-electron chi connectivity index (χ4n) is 2.84. The number of hydrogen-bond donors (Lipinski definition) is 1. The van der Waals surface area contributed by atoms with Crippen LogP contribution in [-0.2, 0) is 11.3 Å². The number of benzene rings is 2. The summed E-state index contributed by atoms with van der Waals surface area (Å²) < 4.78 is 11.6. The number of amides is 3. The molecule has 1 heterocycles. The lowest BCUT2D eigenvalue weighted by Crippen LogP contribution is -2.30. The van der Waals surface area contributed by atoms with Crippen LogP contribution in [0.5, 0.6) is 11.5 Å². The largest absolute Gasteiger partial charge is 0.493 e. The number of ether oxygens (including phenoxy) is 2. The molecule has 1 saturated heterocycles. The average Bonchev–Trinajstić information content (AvgIpc) is 2.93. The Labute approximate surface area is 172 Å². The van der Waals surface area contributed by atoms with Crippen LogP contribution in [0, 0.1) is 6.92 Å². The Morgan fingerprint density at radius 2 is 1.86 bits per heavy atom. The van der Waals surface area contributed by atoms with Crippen LogP contribution >= 0.6 is 15.9 Å². The zero-order valence-electron chi connectivity index (χ0n) is 15.9. The molecular formula is C21H21BrN2O4. The van der Waals surface area contributed by atoms with Crippen LogP contribution < -0.4 is 14.8 Å². The minimum absolute atomic E-state index is 0.213. The van der Waals surface area contributed by atoms with Gasteiger partial charge in [0.1, 0.15) is 5.70 Å². The predicted octanol–water partition coefficient (Wildman–Crippen LogP) is 4.26. The Kier molecular flexibility index (Phi) is 6.04. The van der Waals surface area contributed by atoms with Gasteiger partial charge in [-0.1, -0.05) is 45.8 Å². The maximum Gasteiger partial charge on any atom is 0.329 e. The van der Waals surface area contributed by atoms with Gasteiger partial charge in [-0.2, -0.15) is 0 Å². The van der Waals surface area contributed by atoms with E-state index in [0.29, 0.717) is 23.7 Å². The average molecular weight is 445 g/mol. The molecule has 0 unspecified atom stereocenters. The van der Waals surface area contributed by atoms with Crippen LogP contribution in [-0.4, -0.2) is 30.6 Å². The van der Waals surface area contributed by atoms with Crippen molar-refractivity contribution >= 4 is 33.9 Å². The summed E-state index contributed by atoms with van der Waals surface area (Å²) in [4.78, 5) is 26.2. The first kappa shape index (κ1) is 19.9. The van der Waals surface area contributed by atoms with Crippen molar-refractivity contribution in [3.8, 4) is 11.5 Å². The summed E-state index contributed by atoms with van der Waals surface area (Å²) in [7, 11) is 1.56. The standard InChI is InChI=1S/C21H21BrN2O4/c1-4-28-19-10-15(16(22)11-18(19)27-3)9-17-20(25)24(21(26)23-17)12-14-7-5-13(2)6-8-14/h5-11H,4,12H2,1-3H3,(H,23,26)/b17-9+. The molecule has 1 aliphatic heterocycles. The van der Waals surface area contributed by atoms with E-state index in [1.165, 1.54) is 4.90 Å². The summed E-state index contributed by atoms with van der Waals surface area (Å²) >= 11 is 3.47. The number of halogens is 1. The zero-order valence-corrected chi connectivity index (χ0v) is 17.5. The van der Waals surface area contributed by atoms with Gasteiger partial charge in [0.2, 0.25) is 0 Å². The molecule has 0 saturated carbocycles. The molecule has 3 rings (SSSR count). The molecule has 1 N–H and O–H groups in total. The Morgan fingerprint density at radius 3 is 2.50 bits per heavy atom. The van der Waals surface area contributed by atoms with E-state index in [1.54, 1.807) is 25.3 Å². The first-order chi connectivity index (χ1) is 13.4. The highest BCUT2D eigenvalue weighted by Crippen LogP contribution is 2.35. The molecule has 0 aliphatic carbocycles. The lowest BCUT2D eigenvalue weighted by atomic mass is 10.1. The Balaban J connectivity index is 1.87. The van der Waals surface area contributed by atoms with Crippen LogP contribution in [0.15, 0.2) is 46.6 Å². The quantitative estimate of drug-likeness (QED) is 0.533. The number of rotatable bonds is 6. The van der Waals surface area contributed by atoms with Gasteiger partial charge in [0.25, 0.3) is 5.91 Å². The van der Waals surface area contributed by atoms with Gasteiger partial charge >= 0.3 is 6.03 Å². The predicted molar refractivity (Wildman–Crippen MR) is 110 cm³/mol. The maximum atomic E-state index is 12.7. The molecule has 0 atom stereocenters. The van der Waals surface area contributed by atoms with E-state index in [0.717, 1.165) is 15.6 Å². The van der Waals surface area contributed by atoms with Crippen LogP contribution in [0.3, 0.4) is 0 Å². The van der Waals surface area contributed by atoms with Crippen molar-refractivity contribution in [3.05, 3.63) is 63.3 Å². The number of urea groups is 1. The van der Waals surface area contributed by atoms with E-state index in [1.807, 2.05) is 38.1 Å². The third-order valence-electron chi connectivity index (χ3n) is 4.31. The molecular weight excluding hydrogens is 424 g/mol. The number of aryl methyl sites for hydroxylation is 1. The van der Waals surface area contributed by atoms with Gasteiger partial charge in [-0.25, -0.2) is 4.79 Å². The summed E-state index contributed by atoms with van der Waals surface area (Å²) in [6.07, 6.45) is 1.63. The highest BCUT2D eigenvalue weighted by atomic mass is 79.9. The highest BCUT2D eigenvalue weighted by molar-refractivity contribution is 9.10. The molecule has 2 aromatic carbocycles. The van der Waals surface area contributed by atoms with Gasteiger partial charge in [-0.15, -0.1) is 0 Å². The second kappa shape index (κ2) is 8.48. The number of methoxy groups -OCH3 is 1. The molecule has 0 bridgehead atoms. The van der Waals surface area contributed by atoms with Crippen LogP contribution in [0.2, 0.25) is 0 Å². The number of hydrogen-bond acceptors (Lipinski definition) is 4. The van der Waals surface area contributed by atoms with Crippen molar-refractivity contribution in [1.82, 2.24) is 10.2 Å². The second-order valence-corrected chi connectivity index (χ2v) is 7.18. The van der Waals surface area contributed by atoms with Gasteiger partial charge in [0.05, 0.1) is 20.3 Å². The number of carbonyl (C=O) groups excluding carboxylic acids is 2. The van der Waals surface area contributed by atoms with Crippen molar-refractivity contribution in [2.24, 2.45) is 0 Å². The fourth-order valence-corrected chi connectivity index (χ4v) is 3.27. The molecule has 0 radical (unpaired) electrons. The van der Waals surface area contributed by atoms with Gasteiger partial charge < -0.3 is 14.8 Å². The van der Waals surface area contributed by atoms with Crippen LogP contribution in [0.25, 0.3) is 6.08 Å². The smallest absolute Gasteiger partial charge is 0.329 e. The maximum absolute atomic E-state index is 12.7. The highest BCUT2D eigenvalue weighted by Gasteiger charge is 2.33. The van der Waals surface area contributed by atoms with Gasteiger partial charge in [0, 0.05) is 4.47 Å². The minimum atomic E-state index is -0.438. The van der Waals surface area contributed by atoms with E-state index in [2.05, 4.69) is 21.2 Å². The molecule has 1 aliphatic rings. The van der Waals surface area contributed by atoms with E-state index >= 15 is 0 Å². The molecule has 0 aromatic heterocycles. The van der Waals surface area contributed by atoms with Crippen LogP contribution in [0.1, 0.15) is 23.6 Å². The summed E-state index contributed by atoms with van der Waals surface area (Å²) in [5.74, 6) is 0.776. The van der Waals surface area contributed by atoms with E-state index < -0.39 is 6.03 Å². The first-order valence-electron chi connectivity index (χ1n) is 8.83. The molecule has 3 amide bonds. The lowest BCUT2D eigenvalue weighted by molar-refractivity contribution is -0.123. The van der Waals surface area contributed by atoms with Crippen molar-refractivity contribution < 1.29 is 19.1 Å². The number of imide groups is 1. The number of nitrogens with zero attached hydrogens (tertiary/aromatic N) is 1. The lowest BCUT2D eigenvalue weighted by Gasteiger charge is -2.12. The molecule has 7 heteroatoms. The summed E-state index contributed by atoms with van der Waals surface area (Å²) in [5.41, 5.74) is 2.92. The third-order valence-corrected chi connectivity index (χ3v) is 4.99. The normalized spacial score (nSPS) is 15.1. The zero-order chi connectivity index (χ0) is 20.3. The monoisotopic (exact) mass is 444 g/mol. The molecule has 1 fully saturated rings. The molecule has 146 valence electrons. The van der Waals surface area contributed by atoms with E-state index in [-0.39, 0.29) is 18.1 Å². The van der Waals surface area contributed by atoms with Crippen LogP contribution in [0.4, 0.5) is 4.79 Å². The third kappa shape index (κ3) is 4.20. The van der Waals surface area contributed by atoms with Crippen molar-refractivity contribution in [2.75, 3.05) is 13.7 Å². The number of nitrogens with one attached hydrogen (secondary N) is 1. The summed E-state index contributed by atoms with van der Waals surface area (Å²) in [5, 5.41) is 2.65. The molecule has 2 aromatic rings. The summed E-state index contributed by atoms with van der Waals surface area (Å²) in [6, 6.07) is 10.8. The Bertz CT molecular complexity index is 938.